The molecule has 2 heteroatoms. The Morgan fingerprint density at radius 1 is 1.36 bits per heavy atom. The minimum atomic E-state index is -0.793. The Bertz CT molecular complexity index is 194. The molecule has 82 valence electrons. The molecule has 1 unspecified atom stereocenters. The second-order valence-corrected chi connectivity index (χ2v) is 3.82. The second kappa shape index (κ2) is 7.60. The monoisotopic (exact) mass is 198 g/mol. The van der Waals surface area contributed by atoms with Crippen LogP contribution in [0.15, 0.2) is 11.6 Å². The predicted molar refractivity (Wildman–Crippen MR) is 59.3 cm³/mol. The predicted octanol–water partition coefficient (Wildman–Crippen LogP) is 3.62. The van der Waals surface area contributed by atoms with Gasteiger partial charge in [-0.3, -0.25) is 0 Å². The lowest BCUT2D eigenvalue weighted by Crippen LogP contribution is -2.01. The lowest BCUT2D eigenvalue weighted by atomic mass is 9.96. The molecule has 0 rings (SSSR count). The molecule has 2 nitrogen and oxygen atoms in total. The molecule has 0 aliphatic heterocycles. The minimum Gasteiger partial charge on any atom is -0.478 e. The zero-order valence-corrected chi connectivity index (χ0v) is 9.55. The van der Waals surface area contributed by atoms with Crippen molar-refractivity contribution in [3.63, 3.8) is 0 Å². The van der Waals surface area contributed by atoms with E-state index in [1.165, 1.54) is 19.3 Å². The van der Waals surface area contributed by atoms with Crippen LogP contribution in [0, 0.1) is 5.92 Å². The fraction of sp³-hybridized carbons (Fsp3) is 0.750. The molecule has 0 radical (unpaired) electrons. The molecule has 0 fully saturated rings. The van der Waals surface area contributed by atoms with Crippen LogP contribution in [0.2, 0.25) is 0 Å². The van der Waals surface area contributed by atoms with Gasteiger partial charge in [0.2, 0.25) is 0 Å². The number of hydrogen-bond acceptors (Lipinski definition) is 1. The van der Waals surface area contributed by atoms with E-state index in [2.05, 4.69) is 13.8 Å². The van der Waals surface area contributed by atoms with E-state index in [4.69, 9.17) is 5.11 Å². The SMILES string of the molecule is CCCCCC(C=C(C)C(=O)O)CC. The molecule has 0 spiro atoms. The van der Waals surface area contributed by atoms with Crippen molar-refractivity contribution in [3.05, 3.63) is 11.6 Å². The lowest BCUT2D eigenvalue weighted by Gasteiger charge is -2.09. The lowest BCUT2D eigenvalue weighted by molar-refractivity contribution is -0.132. The van der Waals surface area contributed by atoms with Crippen LogP contribution < -0.4 is 0 Å². The van der Waals surface area contributed by atoms with Crippen molar-refractivity contribution >= 4 is 5.97 Å². The molecule has 0 aromatic rings. The van der Waals surface area contributed by atoms with Gasteiger partial charge < -0.3 is 5.11 Å². The van der Waals surface area contributed by atoms with Crippen LogP contribution in [0.25, 0.3) is 0 Å². The molecule has 0 aliphatic rings. The molecule has 14 heavy (non-hydrogen) atoms. The van der Waals surface area contributed by atoms with Crippen molar-refractivity contribution in [2.75, 3.05) is 0 Å². The summed E-state index contributed by atoms with van der Waals surface area (Å²) in [6, 6.07) is 0. The maximum absolute atomic E-state index is 10.6. The molecule has 0 bridgehead atoms. The van der Waals surface area contributed by atoms with Crippen LogP contribution in [0.5, 0.6) is 0 Å². The fourth-order valence-electron chi connectivity index (χ4n) is 1.49. The summed E-state index contributed by atoms with van der Waals surface area (Å²) in [5, 5.41) is 8.73. The zero-order valence-electron chi connectivity index (χ0n) is 9.55. The number of carboxylic acid groups (broad SMARTS) is 1. The van der Waals surface area contributed by atoms with Gasteiger partial charge in [0.1, 0.15) is 0 Å². The van der Waals surface area contributed by atoms with Crippen molar-refractivity contribution in [3.8, 4) is 0 Å². The molecule has 1 N–H and O–H groups in total. The summed E-state index contributed by atoms with van der Waals surface area (Å²) in [4.78, 5) is 10.6. The van der Waals surface area contributed by atoms with Gasteiger partial charge in [0.15, 0.2) is 0 Å². The third-order valence-corrected chi connectivity index (χ3v) is 2.53. The maximum Gasteiger partial charge on any atom is 0.330 e. The zero-order chi connectivity index (χ0) is 11.0. The summed E-state index contributed by atoms with van der Waals surface area (Å²) in [7, 11) is 0. The van der Waals surface area contributed by atoms with Crippen molar-refractivity contribution in [2.24, 2.45) is 5.92 Å². The number of allylic oxidation sites excluding steroid dienone is 1. The summed E-state index contributed by atoms with van der Waals surface area (Å²) in [5.41, 5.74) is 0.480. The van der Waals surface area contributed by atoms with Crippen LogP contribution >= 0.6 is 0 Å². The first kappa shape index (κ1) is 13.2. The first-order valence-corrected chi connectivity index (χ1v) is 5.53. The van der Waals surface area contributed by atoms with E-state index in [1.54, 1.807) is 6.92 Å². The van der Waals surface area contributed by atoms with Gasteiger partial charge in [-0.2, -0.15) is 0 Å². The number of carbonyl (C=O) groups is 1. The number of rotatable bonds is 7. The summed E-state index contributed by atoms with van der Waals surface area (Å²) in [6.07, 6.45) is 7.73. The topological polar surface area (TPSA) is 37.3 Å². The van der Waals surface area contributed by atoms with E-state index in [9.17, 15) is 4.79 Å². The first-order chi connectivity index (χ1) is 6.61. The van der Waals surface area contributed by atoms with Crippen LogP contribution in [-0.2, 0) is 4.79 Å². The van der Waals surface area contributed by atoms with E-state index in [-0.39, 0.29) is 0 Å². The summed E-state index contributed by atoms with van der Waals surface area (Å²) in [5.74, 6) is -0.350. The van der Waals surface area contributed by atoms with E-state index in [0.29, 0.717) is 11.5 Å². The van der Waals surface area contributed by atoms with Gasteiger partial charge in [0, 0.05) is 5.57 Å². The van der Waals surface area contributed by atoms with Gasteiger partial charge in [-0.25, -0.2) is 4.79 Å². The molecule has 0 heterocycles. The number of unbranched alkanes of at least 4 members (excludes halogenated alkanes) is 2. The van der Waals surface area contributed by atoms with Crippen molar-refractivity contribution < 1.29 is 9.90 Å². The molecular weight excluding hydrogens is 176 g/mol. The second-order valence-electron chi connectivity index (χ2n) is 3.82. The van der Waals surface area contributed by atoms with Crippen LogP contribution in [0.4, 0.5) is 0 Å². The summed E-state index contributed by atoms with van der Waals surface area (Å²) < 4.78 is 0. The average Bonchev–Trinajstić information content (AvgIpc) is 2.16. The number of hydrogen-bond donors (Lipinski definition) is 1. The van der Waals surface area contributed by atoms with Gasteiger partial charge in [-0.1, -0.05) is 39.2 Å². The van der Waals surface area contributed by atoms with Crippen LogP contribution in [0.3, 0.4) is 0 Å². The molecular formula is C12H22O2. The largest absolute Gasteiger partial charge is 0.478 e. The van der Waals surface area contributed by atoms with Crippen LogP contribution in [0.1, 0.15) is 52.9 Å². The highest BCUT2D eigenvalue weighted by Crippen LogP contribution is 2.16. The third kappa shape index (κ3) is 5.79. The molecule has 0 aliphatic carbocycles. The molecule has 1 atom stereocenters. The van der Waals surface area contributed by atoms with Crippen molar-refractivity contribution in [2.45, 2.75) is 52.9 Å². The highest BCUT2D eigenvalue weighted by atomic mass is 16.4. The Morgan fingerprint density at radius 2 is 2.00 bits per heavy atom. The fourth-order valence-corrected chi connectivity index (χ4v) is 1.49. The van der Waals surface area contributed by atoms with Crippen molar-refractivity contribution in [1.29, 1.82) is 0 Å². The van der Waals surface area contributed by atoms with E-state index < -0.39 is 5.97 Å². The Kier molecular flexibility index (Phi) is 7.17. The third-order valence-electron chi connectivity index (χ3n) is 2.53. The quantitative estimate of drug-likeness (QED) is 0.501. The van der Waals surface area contributed by atoms with Gasteiger partial charge in [0.05, 0.1) is 0 Å². The van der Waals surface area contributed by atoms with E-state index in [0.717, 1.165) is 12.8 Å². The van der Waals surface area contributed by atoms with Gasteiger partial charge >= 0.3 is 5.97 Å². The Labute approximate surface area is 87.0 Å². The maximum atomic E-state index is 10.6. The first-order valence-electron chi connectivity index (χ1n) is 5.53. The summed E-state index contributed by atoms with van der Waals surface area (Å²) >= 11 is 0. The van der Waals surface area contributed by atoms with E-state index >= 15 is 0 Å². The van der Waals surface area contributed by atoms with Gasteiger partial charge in [-0.05, 0) is 25.7 Å². The van der Waals surface area contributed by atoms with Gasteiger partial charge in [-0.15, -0.1) is 0 Å². The molecule has 0 saturated heterocycles. The number of aliphatic carboxylic acids is 1. The van der Waals surface area contributed by atoms with Gasteiger partial charge in [0.25, 0.3) is 0 Å². The Balaban J connectivity index is 4.01. The molecule has 0 saturated carbocycles. The van der Waals surface area contributed by atoms with E-state index in [1.807, 2.05) is 6.08 Å². The number of carboxylic acids is 1. The highest BCUT2D eigenvalue weighted by molar-refractivity contribution is 5.85. The highest BCUT2D eigenvalue weighted by Gasteiger charge is 2.06. The standard InChI is InChI=1S/C12H22O2/c1-4-6-7-8-11(5-2)9-10(3)12(13)14/h9,11H,4-8H2,1-3H3,(H,13,14). The summed E-state index contributed by atoms with van der Waals surface area (Å²) in [6.45, 7) is 5.96. The van der Waals surface area contributed by atoms with Crippen LogP contribution in [-0.4, -0.2) is 11.1 Å². The smallest absolute Gasteiger partial charge is 0.330 e. The molecule has 0 aromatic heterocycles. The molecule has 0 amide bonds. The molecule has 0 aromatic carbocycles. The average molecular weight is 198 g/mol. The Hall–Kier alpha value is -0.790. The normalized spacial score (nSPS) is 14.1. The van der Waals surface area contributed by atoms with Crippen molar-refractivity contribution in [1.82, 2.24) is 0 Å². The Morgan fingerprint density at radius 3 is 2.43 bits per heavy atom. The minimum absolute atomic E-state index is 0.442.